The molecule has 20 heavy (non-hydrogen) atoms. The lowest BCUT2D eigenvalue weighted by molar-refractivity contribution is -0.126. The lowest BCUT2D eigenvalue weighted by Gasteiger charge is -2.19. The average molecular weight is 275 g/mol. The Morgan fingerprint density at radius 3 is 2.85 bits per heavy atom. The minimum atomic E-state index is -0.283. The van der Waals surface area contributed by atoms with Crippen LogP contribution in [0.4, 0.5) is 5.69 Å². The monoisotopic (exact) mass is 275 g/mol. The molecule has 1 fully saturated rings. The van der Waals surface area contributed by atoms with E-state index in [-0.39, 0.29) is 24.2 Å². The lowest BCUT2D eigenvalue weighted by atomic mass is 10.1. The van der Waals surface area contributed by atoms with Gasteiger partial charge in [0.2, 0.25) is 11.8 Å². The van der Waals surface area contributed by atoms with Gasteiger partial charge in [-0.2, -0.15) is 0 Å². The van der Waals surface area contributed by atoms with Crippen molar-refractivity contribution in [1.29, 1.82) is 0 Å². The molecule has 0 aliphatic carbocycles. The van der Waals surface area contributed by atoms with Crippen LogP contribution >= 0.6 is 0 Å². The Hall–Kier alpha value is -1.88. The molecule has 1 heterocycles. The molecule has 3 N–H and O–H groups in total. The Morgan fingerprint density at radius 2 is 2.20 bits per heavy atom. The summed E-state index contributed by atoms with van der Waals surface area (Å²) < 4.78 is 0. The van der Waals surface area contributed by atoms with E-state index in [2.05, 4.69) is 5.32 Å². The van der Waals surface area contributed by atoms with E-state index in [0.29, 0.717) is 19.6 Å². The van der Waals surface area contributed by atoms with Crippen molar-refractivity contribution < 1.29 is 9.59 Å². The fraction of sp³-hybridized carbons (Fsp3) is 0.467. The molecule has 1 atom stereocenters. The first-order valence-electron chi connectivity index (χ1n) is 6.88. The molecule has 0 spiro atoms. The van der Waals surface area contributed by atoms with E-state index in [1.807, 2.05) is 32.0 Å². The van der Waals surface area contributed by atoms with Gasteiger partial charge < -0.3 is 16.0 Å². The summed E-state index contributed by atoms with van der Waals surface area (Å²) in [5.74, 6) is -0.365. The highest BCUT2D eigenvalue weighted by atomic mass is 16.2. The summed E-state index contributed by atoms with van der Waals surface area (Å²) >= 11 is 0. The molecule has 1 saturated heterocycles. The van der Waals surface area contributed by atoms with Gasteiger partial charge in [-0.15, -0.1) is 0 Å². The van der Waals surface area contributed by atoms with Crippen LogP contribution in [0.2, 0.25) is 0 Å². The third-order valence-electron chi connectivity index (χ3n) is 3.58. The number of amides is 2. The topological polar surface area (TPSA) is 75.4 Å². The predicted molar refractivity (Wildman–Crippen MR) is 78.4 cm³/mol. The van der Waals surface area contributed by atoms with Gasteiger partial charge >= 0.3 is 0 Å². The number of nitrogens with zero attached hydrogens (tertiary/aromatic N) is 1. The van der Waals surface area contributed by atoms with Crippen molar-refractivity contribution in [1.82, 2.24) is 5.32 Å². The molecule has 2 rings (SSSR count). The van der Waals surface area contributed by atoms with E-state index in [0.717, 1.165) is 16.8 Å². The van der Waals surface area contributed by atoms with E-state index in [9.17, 15) is 9.59 Å². The van der Waals surface area contributed by atoms with E-state index >= 15 is 0 Å². The smallest absolute Gasteiger partial charge is 0.227 e. The first-order chi connectivity index (χ1) is 9.52. The fourth-order valence-electron chi connectivity index (χ4n) is 2.56. The first kappa shape index (κ1) is 14.5. The minimum Gasteiger partial charge on any atom is -0.355 e. The predicted octanol–water partition coefficient (Wildman–Crippen LogP) is 0.731. The molecule has 1 aromatic carbocycles. The van der Waals surface area contributed by atoms with E-state index in [1.165, 1.54) is 0 Å². The molecule has 108 valence electrons. The number of benzene rings is 1. The summed E-state index contributed by atoms with van der Waals surface area (Å²) in [7, 11) is 0. The zero-order chi connectivity index (χ0) is 14.7. The molecular formula is C15H21N3O2. The molecular weight excluding hydrogens is 254 g/mol. The normalized spacial score (nSPS) is 18.4. The van der Waals surface area contributed by atoms with Crippen molar-refractivity contribution in [3.63, 3.8) is 0 Å². The van der Waals surface area contributed by atoms with Gasteiger partial charge in [-0.25, -0.2) is 0 Å². The maximum absolute atomic E-state index is 12.1. The molecule has 2 amide bonds. The van der Waals surface area contributed by atoms with Crippen molar-refractivity contribution in [3.05, 3.63) is 29.3 Å². The average Bonchev–Trinajstić information content (AvgIpc) is 2.78. The number of carbonyl (C=O) groups excluding carboxylic acids is 2. The van der Waals surface area contributed by atoms with Crippen molar-refractivity contribution in [2.24, 2.45) is 11.7 Å². The van der Waals surface area contributed by atoms with Crippen LogP contribution in [-0.4, -0.2) is 31.4 Å². The molecule has 0 bridgehead atoms. The number of anilines is 1. The second kappa shape index (κ2) is 6.05. The number of rotatable bonds is 4. The van der Waals surface area contributed by atoms with Gasteiger partial charge in [0.15, 0.2) is 0 Å². The maximum atomic E-state index is 12.1. The lowest BCUT2D eigenvalue weighted by Crippen LogP contribution is -2.35. The molecule has 1 unspecified atom stereocenters. The van der Waals surface area contributed by atoms with E-state index in [1.54, 1.807) is 4.90 Å². The number of hydrogen-bond donors (Lipinski definition) is 2. The van der Waals surface area contributed by atoms with Crippen LogP contribution < -0.4 is 16.0 Å². The SMILES string of the molecule is Cc1ccc(N2CC(C(=O)NCCN)CC2=O)c(C)c1. The van der Waals surface area contributed by atoms with Gasteiger partial charge in [-0.1, -0.05) is 17.7 Å². The van der Waals surface area contributed by atoms with Crippen LogP contribution in [0.3, 0.4) is 0 Å². The summed E-state index contributed by atoms with van der Waals surface area (Å²) in [5, 5.41) is 2.75. The molecule has 0 radical (unpaired) electrons. The van der Waals surface area contributed by atoms with Crippen LogP contribution in [0, 0.1) is 19.8 Å². The summed E-state index contributed by atoms with van der Waals surface area (Å²) in [6.07, 6.45) is 0.268. The van der Waals surface area contributed by atoms with Gasteiger partial charge in [0.05, 0.1) is 5.92 Å². The molecule has 5 heteroatoms. The van der Waals surface area contributed by atoms with Crippen molar-refractivity contribution >= 4 is 17.5 Å². The Bertz CT molecular complexity index is 528. The molecule has 1 aliphatic rings. The van der Waals surface area contributed by atoms with Crippen LogP contribution in [-0.2, 0) is 9.59 Å². The van der Waals surface area contributed by atoms with Gasteiger partial charge in [0.1, 0.15) is 0 Å². The minimum absolute atomic E-state index is 0.00449. The quantitative estimate of drug-likeness (QED) is 0.850. The zero-order valence-electron chi connectivity index (χ0n) is 12.0. The van der Waals surface area contributed by atoms with Gasteiger partial charge in [0, 0.05) is 31.7 Å². The van der Waals surface area contributed by atoms with E-state index < -0.39 is 0 Å². The highest BCUT2D eigenvalue weighted by Gasteiger charge is 2.35. The Morgan fingerprint density at radius 1 is 1.45 bits per heavy atom. The number of hydrogen-bond acceptors (Lipinski definition) is 3. The van der Waals surface area contributed by atoms with Gasteiger partial charge in [-0.05, 0) is 25.5 Å². The molecule has 0 saturated carbocycles. The summed E-state index contributed by atoms with van der Waals surface area (Å²) in [4.78, 5) is 25.8. The van der Waals surface area contributed by atoms with Crippen molar-refractivity contribution in [3.8, 4) is 0 Å². The van der Waals surface area contributed by atoms with Crippen molar-refractivity contribution in [2.75, 3.05) is 24.5 Å². The van der Waals surface area contributed by atoms with Crippen LogP contribution in [0.5, 0.6) is 0 Å². The number of nitrogens with two attached hydrogens (primary N) is 1. The Balaban J connectivity index is 2.11. The van der Waals surface area contributed by atoms with Gasteiger partial charge in [0.25, 0.3) is 0 Å². The third kappa shape index (κ3) is 2.99. The molecule has 1 aromatic rings. The Kier molecular flexibility index (Phi) is 4.39. The zero-order valence-corrected chi connectivity index (χ0v) is 12.0. The van der Waals surface area contributed by atoms with Crippen LogP contribution in [0.25, 0.3) is 0 Å². The highest BCUT2D eigenvalue weighted by Crippen LogP contribution is 2.28. The van der Waals surface area contributed by atoms with Crippen LogP contribution in [0.1, 0.15) is 17.5 Å². The van der Waals surface area contributed by atoms with E-state index in [4.69, 9.17) is 5.73 Å². The highest BCUT2D eigenvalue weighted by molar-refractivity contribution is 6.00. The fourth-order valence-corrected chi connectivity index (χ4v) is 2.56. The summed E-state index contributed by atoms with van der Waals surface area (Å²) in [6.45, 7) is 5.31. The number of aryl methyl sites for hydroxylation is 2. The molecule has 5 nitrogen and oxygen atoms in total. The maximum Gasteiger partial charge on any atom is 0.227 e. The number of carbonyl (C=O) groups is 2. The largest absolute Gasteiger partial charge is 0.355 e. The molecule has 1 aliphatic heterocycles. The first-order valence-corrected chi connectivity index (χ1v) is 6.88. The third-order valence-corrected chi connectivity index (χ3v) is 3.58. The number of nitrogens with one attached hydrogen (secondary N) is 1. The molecule has 0 aromatic heterocycles. The second-order valence-electron chi connectivity index (χ2n) is 5.28. The second-order valence-corrected chi connectivity index (χ2v) is 5.28. The van der Waals surface area contributed by atoms with Crippen molar-refractivity contribution in [2.45, 2.75) is 20.3 Å². The van der Waals surface area contributed by atoms with Gasteiger partial charge in [-0.3, -0.25) is 9.59 Å². The Labute approximate surface area is 119 Å². The summed E-state index contributed by atoms with van der Waals surface area (Å²) in [6, 6.07) is 5.98. The van der Waals surface area contributed by atoms with Crippen LogP contribution in [0.15, 0.2) is 18.2 Å². The summed E-state index contributed by atoms with van der Waals surface area (Å²) in [5.41, 5.74) is 8.48. The standard InChI is InChI=1S/C15H21N3O2/c1-10-3-4-13(11(2)7-10)18-9-12(8-14(18)19)15(20)17-6-5-16/h3-4,7,12H,5-6,8-9,16H2,1-2H3,(H,17,20).